The highest BCUT2D eigenvalue weighted by Crippen LogP contribution is 2.17. The van der Waals surface area contributed by atoms with Gasteiger partial charge in [-0.1, -0.05) is 12.1 Å². The molecule has 0 saturated carbocycles. The molecule has 1 unspecified atom stereocenters. The fourth-order valence-corrected chi connectivity index (χ4v) is 3.41. The summed E-state index contributed by atoms with van der Waals surface area (Å²) in [7, 11) is -3.50. The first-order valence-corrected chi connectivity index (χ1v) is 8.21. The predicted molar refractivity (Wildman–Crippen MR) is 73.6 cm³/mol. The van der Waals surface area contributed by atoms with Gasteiger partial charge < -0.3 is 5.73 Å². The van der Waals surface area contributed by atoms with Crippen molar-refractivity contribution in [1.82, 2.24) is 4.72 Å². The molecular formula is C11H18N2O2S2. The molecule has 0 fully saturated rings. The van der Waals surface area contributed by atoms with Crippen LogP contribution in [0.3, 0.4) is 0 Å². The minimum Gasteiger partial charge on any atom is -0.398 e. The highest BCUT2D eigenvalue weighted by molar-refractivity contribution is 7.98. The number of rotatable bonds is 6. The maximum Gasteiger partial charge on any atom is 0.242 e. The van der Waals surface area contributed by atoms with Crippen LogP contribution in [0.1, 0.15) is 13.3 Å². The topological polar surface area (TPSA) is 72.2 Å². The van der Waals surface area contributed by atoms with Gasteiger partial charge in [0, 0.05) is 6.04 Å². The second-order valence-corrected chi connectivity index (χ2v) is 6.51. The minimum atomic E-state index is -3.50. The van der Waals surface area contributed by atoms with E-state index in [0.717, 1.165) is 12.2 Å². The quantitative estimate of drug-likeness (QED) is 0.774. The SMILES string of the molecule is CSCCC(C)NS(=O)(=O)c1ccccc1N. The number of benzene rings is 1. The number of sulfonamides is 1. The number of anilines is 1. The predicted octanol–water partition coefficient (Wildman–Crippen LogP) is 1.69. The van der Waals surface area contributed by atoms with Gasteiger partial charge in [0.05, 0.1) is 5.69 Å². The monoisotopic (exact) mass is 274 g/mol. The van der Waals surface area contributed by atoms with Crippen molar-refractivity contribution in [3.8, 4) is 0 Å². The third-order valence-corrected chi connectivity index (χ3v) is 4.63. The lowest BCUT2D eigenvalue weighted by Gasteiger charge is -2.14. The largest absolute Gasteiger partial charge is 0.398 e. The molecule has 0 radical (unpaired) electrons. The van der Waals surface area contributed by atoms with Crippen molar-refractivity contribution >= 4 is 27.5 Å². The molecule has 0 aromatic heterocycles. The molecular weight excluding hydrogens is 256 g/mol. The summed E-state index contributed by atoms with van der Waals surface area (Å²) in [6, 6.07) is 6.38. The molecule has 6 heteroatoms. The van der Waals surface area contributed by atoms with Crippen LogP contribution in [0.15, 0.2) is 29.2 Å². The highest BCUT2D eigenvalue weighted by Gasteiger charge is 2.19. The van der Waals surface area contributed by atoms with E-state index in [1.807, 2.05) is 13.2 Å². The standard InChI is InChI=1S/C11H18N2O2S2/c1-9(7-8-16-2)13-17(14,15)11-6-4-3-5-10(11)12/h3-6,9,13H,7-8,12H2,1-2H3. The third-order valence-electron chi connectivity index (χ3n) is 2.32. The summed E-state index contributed by atoms with van der Waals surface area (Å²) in [5, 5.41) is 0. The average molecular weight is 274 g/mol. The van der Waals surface area contributed by atoms with Crippen LogP contribution in [0.5, 0.6) is 0 Å². The molecule has 4 nitrogen and oxygen atoms in total. The molecule has 1 aromatic carbocycles. The Hall–Kier alpha value is -0.720. The minimum absolute atomic E-state index is 0.0907. The van der Waals surface area contributed by atoms with Gasteiger partial charge in [0.2, 0.25) is 10.0 Å². The van der Waals surface area contributed by atoms with Gasteiger partial charge in [-0.15, -0.1) is 0 Å². The fourth-order valence-electron chi connectivity index (χ4n) is 1.41. The van der Waals surface area contributed by atoms with Gasteiger partial charge in [-0.3, -0.25) is 0 Å². The Bertz CT molecular complexity index is 460. The maximum absolute atomic E-state index is 12.0. The lowest BCUT2D eigenvalue weighted by Crippen LogP contribution is -2.33. The first kappa shape index (κ1) is 14.3. The van der Waals surface area contributed by atoms with E-state index >= 15 is 0 Å². The second-order valence-electron chi connectivity index (χ2n) is 3.84. The molecule has 17 heavy (non-hydrogen) atoms. The smallest absolute Gasteiger partial charge is 0.242 e. The molecule has 1 atom stereocenters. The van der Waals surface area contributed by atoms with Gasteiger partial charge in [-0.25, -0.2) is 13.1 Å². The molecule has 0 bridgehead atoms. The van der Waals surface area contributed by atoms with E-state index < -0.39 is 10.0 Å². The number of para-hydroxylation sites is 1. The highest BCUT2D eigenvalue weighted by atomic mass is 32.2. The zero-order valence-electron chi connectivity index (χ0n) is 10.0. The first-order valence-electron chi connectivity index (χ1n) is 5.33. The van der Waals surface area contributed by atoms with Crippen molar-refractivity contribution in [2.45, 2.75) is 24.3 Å². The van der Waals surface area contributed by atoms with Gasteiger partial charge in [0.1, 0.15) is 4.90 Å². The normalized spacial score (nSPS) is 13.5. The zero-order chi connectivity index (χ0) is 12.9. The molecule has 1 rings (SSSR count). The van der Waals surface area contributed by atoms with Gasteiger partial charge in [0.15, 0.2) is 0 Å². The Morgan fingerprint density at radius 2 is 2.06 bits per heavy atom. The molecule has 0 aliphatic heterocycles. The van der Waals surface area contributed by atoms with Crippen molar-refractivity contribution in [3.63, 3.8) is 0 Å². The molecule has 0 amide bonds. The zero-order valence-corrected chi connectivity index (χ0v) is 11.6. The number of thioether (sulfide) groups is 1. The van der Waals surface area contributed by atoms with E-state index in [1.165, 1.54) is 6.07 Å². The van der Waals surface area contributed by atoms with Crippen molar-refractivity contribution in [2.75, 3.05) is 17.7 Å². The Morgan fingerprint density at radius 1 is 1.41 bits per heavy atom. The summed E-state index contributed by atoms with van der Waals surface area (Å²) in [5.74, 6) is 0.925. The van der Waals surface area contributed by atoms with Crippen LogP contribution in [0.25, 0.3) is 0 Å². The molecule has 0 spiro atoms. The van der Waals surface area contributed by atoms with E-state index in [0.29, 0.717) is 0 Å². The second kappa shape index (κ2) is 6.28. The van der Waals surface area contributed by atoms with Gasteiger partial charge >= 0.3 is 0 Å². The fraction of sp³-hybridized carbons (Fsp3) is 0.455. The molecule has 0 heterocycles. The summed E-state index contributed by atoms with van der Waals surface area (Å²) < 4.78 is 26.7. The number of nitrogen functional groups attached to an aromatic ring is 1. The van der Waals surface area contributed by atoms with Crippen molar-refractivity contribution in [1.29, 1.82) is 0 Å². The summed E-state index contributed by atoms with van der Waals surface area (Å²) in [5.41, 5.74) is 5.93. The first-order chi connectivity index (χ1) is 7.97. The van der Waals surface area contributed by atoms with Crippen molar-refractivity contribution in [3.05, 3.63) is 24.3 Å². The molecule has 96 valence electrons. The lowest BCUT2D eigenvalue weighted by atomic mass is 10.3. The van der Waals surface area contributed by atoms with Crippen LogP contribution in [0, 0.1) is 0 Å². The van der Waals surface area contributed by atoms with E-state index in [-0.39, 0.29) is 16.6 Å². The van der Waals surface area contributed by atoms with Crippen LogP contribution in [0.4, 0.5) is 5.69 Å². The van der Waals surface area contributed by atoms with Crippen molar-refractivity contribution < 1.29 is 8.42 Å². The Labute approximate surface area is 107 Å². The van der Waals surface area contributed by atoms with Crippen LogP contribution in [-0.4, -0.2) is 26.5 Å². The third kappa shape index (κ3) is 4.22. The molecule has 1 aromatic rings. The summed E-state index contributed by atoms with van der Waals surface area (Å²) >= 11 is 1.70. The average Bonchev–Trinajstić information content (AvgIpc) is 2.26. The molecule has 0 saturated heterocycles. The summed E-state index contributed by atoms with van der Waals surface area (Å²) in [6.07, 6.45) is 2.80. The summed E-state index contributed by atoms with van der Waals surface area (Å²) in [4.78, 5) is 0.149. The van der Waals surface area contributed by atoms with Crippen LogP contribution in [0.2, 0.25) is 0 Å². The summed E-state index contributed by atoms with van der Waals surface area (Å²) in [6.45, 7) is 1.85. The number of hydrogen-bond acceptors (Lipinski definition) is 4. The van der Waals surface area contributed by atoms with E-state index in [4.69, 9.17) is 5.73 Å². The van der Waals surface area contributed by atoms with Crippen LogP contribution < -0.4 is 10.5 Å². The van der Waals surface area contributed by atoms with E-state index in [1.54, 1.807) is 30.0 Å². The Balaban J connectivity index is 2.79. The maximum atomic E-state index is 12.0. The van der Waals surface area contributed by atoms with Crippen LogP contribution in [-0.2, 0) is 10.0 Å². The Kier molecular flexibility index (Phi) is 5.30. The van der Waals surface area contributed by atoms with Gasteiger partial charge in [-0.2, -0.15) is 11.8 Å². The van der Waals surface area contributed by atoms with Gasteiger partial charge in [-0.05, 0) is 37.5 Å². The van der Waals surface area contributed by atoms with E-state index in [9.17, 15) is 8.42 Å². The number of hydrogen-bond donors (Lipinski definition) is 2. The molecule has 0 aliphatic rings. The number of nitrogens with two attached hydrogens (primary N) is 1. The van der Waals surface area contributed by atoms with Crippen LogP contribution >= 0.6 is 11.8 Å². The number of nitrogens with one attached hydrogen (secondary N) is 1. The molecule has 0 aliphatic carbocycles. The van der Waals surface area contributed by atoms with Gasteiger partial charge in [0.25, 0.3) is 0 Å². The van der Waals surface area contributed by atoms with Crippen molar-refractivity contribution in [2.24, 2.45) is 0 Å². The lowest BCUT2D eigenvalue weighted by molar-refractivity contribution is 0.557. The van der Waals surface area contributed by atoms with E-state index in [2.05, 4.69) is 4.72 Å². The Morgan fingerprint density at radius 3 is 2.65 bits per heavy atom. The molecule has 3 N–H and O–H groups in total.